The summed E-state index contributed by atoms with van der Waals surface area (Å²) in [6.45, 7) is 11.0. The first-order valence-electron chi connectivity index (χ1n) is 6.22. The summed E-state index contributed by atoms with van der Waals surface area (Å²) in [7, 11) is 0. The normalized spacial score (nSPS) is 15.8. The second-order valence-electron chi connectivity index (χ2n) is 4.92. The zero-order valence-electron chi connectivity index (χ0n) is 10.4. The van der Waals surface area contributed by atoms with Gasteiger partial charge >= 0.3 is 0 Å². The van der Waals surface area contributed by atoms with Crippen molar-refractivity contribution >= 4 is 5.70 Å². The van der Waals surface area contributed by atoms with Crippen LogP contribution in [0.1, 0.15) is 43.7 Å². The molecule has 0 N–H and O–H groups in total. The third-order valence-electron chi connectivity index (χ3n) is 3.40. The predicted octanol–water partition coefficient (Wildman–Crippen LogP) is 3.88. The highest BCUT2D eigenvalue weighted by Gasteiger charge is 2.14. The zero-order chi connectivity index (χ0) is 11.5. The van der Waals surface area contributed by atoms with Gasteiger partial charge in [0.05, 0.1) is 0 Å². The Balaban J connectivity index is 2.11. The molecule has 1 aliphatic heterocycles. The van der Waals surface area contributed by atoms with Crippen molar-refractivity contribution in [3.05, 3.63) is 42.0 Å². The van der Waals surface area contributed by atoms with Crippen molar-refractivity contribution < 1.29 is 0 Å². The van der Waals surface area contributed by atoms with Crippen molar-refractivity contribution in [2.45, 2.75) is 32.6 Å². The van der Waals surface area contributed by atoms with Gasteiger partial charge in [-0.15, -0.1) is 0 Å². The van der Waals surface area contributed by atoms with Gasteiger partial charge in [-0.1, -0.05) is 44.7 Å². The van der Waals surface area contributed by atoms with E-state index in [-0.39, 0.29) is 0 Å². The largest absolute Gasteiger partial charge is 0.372 e. The minimum atomic E-state index is 0.606. The molecular weight excluding hydrogens is 194 g/mol. The maximum atomic E-state index is 4.21. The number of nitrogens with zero attached hydrogens (tertiary/aromatic N) is 1. The summed E-state index contributed by atoms with van der Waals surface area (Å²) < 4.78 is 0. The summed E-state index contributed by atoms with van der Waals surface area (Å²) in [4.78, 5) is 2.39. The number of likely N-dealkylation sites (tertiary alicyclic amines) is 1. The van der Waals surface area contributed by atoms with Crippen molar-refractivity contribution in [1.82, 2.24) is 4.90 Å². The fraction of sp³-hybridized carbons (Fsp3) is 0.467. The molecule has 86 valence electrons. The predicted molar refractivity (Wildman–Crippen MR) is 70.4 cm³/mol. The van der Waals surface area contributed by atoms with Gasteiger partial charge in [-0.05, 0) is 29.9 Å². The second kappa shape index (κ2) is 4.73. The molecule has 0 saturated carbocycles. The van der Waals surface area contributed by atoms with Crippen LogP contribution in [0.4, 0.5) is 0 Å². The smallest absolute Gasteiger partial charge is 0.0366 e. The third kappa shape index (κ3) is 2.29. The molecule has 0 amide bonds. The molecule has 2 rings (SSSR count). The van der Waals surface area contributed by atoms with Crippen molar-refractivity contribution in [2.24, 2.45) is 0 Å². The molecule has 0 radical (unpaired) electrons. The maximum Gasteiger partial charge on any atom is 0.0366 e. The van der Waals surface area contributed by atoms with E-state index in [0.29, 0.717) is 5.92 Å². The van der Waals surface area contributed by atoms with E-state index in [0.717, 1.165) is 0 Å². The average molecular weight is 215 g/mol. The van der Waals surface area contributed by atoms with Crippen LogP contribution in [0.15, 0.2) is 30.8 Å². The van der Waals surface area contributed by atoms with Crippen LogP contribution in [0.2, 0.25) is 0 Å². The molecule has 1 heteroatoms. The maximum absolute atomic E-state index is 4.21. The molecule has 16 heavy (non-hydrogen) atoms. The fourth-order valence-corrected chi connectivity index (χ4v) is 2.23. The summed E-state index contributed by atoms with van der Waals surface area (Å²) >= 11 is 0. The summed E-state index contributed by atoms with van der Waals surface area (Å²) in [5, 5.41) is 0. The van der Waals surface area contributed by atoms with Gasteiger partial charge in [0.25, 0.3) is 0 Å². The first-order valence-corrected chi connectivity index (χ1v) is 6.22. The van der Waals surface area contributed by atoms with Gasteiger partial charge in [0.1, 0.15) is 0 Å². The van der Waals surface area contributed by atoms with Gasteiger partial charge in [0.15, 0.2) is 0 Å². The Morgan fingerprint density at radius 2 is 1.69 bits per heavy atom. The van der Waals surface area contributed by atoms with Crippen molar-refractivity contribution in [3.8, 4) is 0 Å². The number of rotatable bonds is 3. The van der Waals surface area contributed by atoms with Crippen LogP contribution in [0.3, 0.4) is 0 Å². The van der Waals surface area contributed by atoms with E-state index in [9.17, 15) is 0 Å². The average Bonchev–Trinajstić information content (AvgIpc) is 2.81. The highest BCUT2D eigenvalue weighted by atomic mass is 15.1. The molecular formula is C15H21N. The van der Waals surface area contributed by atoms with E-state index < -0.39 is 0 Å². The molecule has 0 aromatic heterocycles. The Morgan fingerprint density at radius 3 is 2.19 bits per heavy atom. The first kappa shape index (κ1) is 11.3. The van der Waals surface area contributed by atoms with Crippen LogP contribution >= 0.6 is 0 Å². The Morgan fingerprint density at radius 1 is 1.12 bits per heavy atom. The summed E-state index contributed by atoms with van der Waals surface area (Å²) in [5.41, 5.74) is 3.86. The number of benzene rings is 1. The lowest BCUT2D eigenvalue weighted by Gasteiger charge is -2.20. The van der Waals surface area contributed by atoms with Gasteiger partial charge in [0, 0.05) is 18.8 Å². The van der Waals surface area contributed by atoms with Crippen LogP contribution in [0, 0.1) is 0 Å². The molecule has 0 atom stereocenters. The summed E-state index contributed by atoms with van der Waals surface area (Å²) in [6, 6.07) is 8.86. The van der Waals surface area contributed by atoms with E-state index in [2.05, 4.69) is 49.6 Å². The van der Waals surface area contributed by atoms with Crippen molar-refractivity contribution in [1.29, 1.82) is 0 Å². The minimum absolute atomic E-state index is 0.606. The molecule has 1 aliphatic rings. The standard InChI is InChI=1S/C15H21N/c1-12(2)14-6-8-15(9-7-14)13(3)16-10-4-5-11-16/h6-9,12H,3-5,10-11H2,1-2H3. The highest BCUT2D eigenvalue weighted by molar-refractivity contribution is 5.62. The zero-order valence-corrected chi connectivity index (χ0v) is 10.4. The monoisotopic (exact) mass is 215 g/mol. The SMILES string of the molecule is C=C(c1ccc(C(C)C)cc1)N1CCCC1. The van der Waals surface area contributed by atoms with Crippen LogP contribution < -0.4 is 0 Å². The Bertz CT molecular complexity index is 356. The lowest BCUT2D eigenvalue weighted by Crippen LogP contribution is -2.16. The molecule has 0 aliphatic carbocycles. The van der Waals surface area contributed by atoms with Gasteiger partial charge in [-0.25, -0.2) is 0 Å². The molecule has 1 saturated heterocycles. The number of hydrogen-bond donors (Lipinski definition) is 0. The van der Waals surface area contributed by atoms with E-state index in [1.54, 1.807) is 0 Å². The molecule has 0 bridgehead atoms. The lowest BCUT2D eigenvalue weighted by molar-refractivity contribution is 0.494. The van der Waals surface area contributed by atoms with E-state index in [4.69, 9.17) is 0 Å². The van der Waals surface area contributed by atoms with Gasteiger partial charge in [-0.3, -0.25) is 0 Å². The van der Waals surface area contributed by atoms with E-state index in [1.807, 2.05) is 0 Å². The number of hydrogen-bond acceptors (Lipinski definition) is 1. The second-order valence-corrected chi connectivity index (χ2v) is 4.92. The highest BCUT2D eigenvalue weighted by Crippen LogP contribution is 2.24. The summed E-state index contributed by atoms with van der Waals surface area (Å²) in [6.07, 6.45) is 2.62. The quantitative estimate of drug-likeness (QED) is 0.739. The Labute approximate surface area is 98.8 Å². The summed E-state index contributed by atoms with van der Waals surface area (Å²) in [5.74, 6) is 0.606. The molecule has 1 heterocycles. The van der Waals surface area contributed by atoms with Gasteiger partial charge < -0.3 is 4.90 Å². The molecule has 1 nitrogen and oxygen atoms in total. The van der Waals surface area contributed by atoms with Crippen molar-refractivity contribution in [2.75, 3.05) is 13.1 Å². The lowest BCUT2D eigenvalue weighted by atomic mass is 10.0. The molecule has 0 spiro atoms. The fourth-order valence-electron chi connectivity index (χ4n) is 2.23. The third-order valence-corrected chi connectivity index (χ3v) is 3.40. The molecule has 1 fully saturated rings. The first-order chi connectivity index (χ1) is 7.68. The van der Waals surface area contributed by atoms with Gasteiger partial charge in [0.2, 0.25) is 0 Å². The Hall–Kier alpha value is -1.24. The van der Waals surface area contributed by atoms with Crippen LogP contribution in [0.5, 0.6) is 0 Å². The van der Waals surface area contributed by atoms with Crippen LogP contribution in [-0.2, 0) is 0 Å². The van der Waals surface area contributed by atoms with Crippen LogP contribution in [-0.4, -0.2) is 18.0 Å². The van der Waals surface area contributed by atoms with E-state index in [1.165, 1.54) is 42.8 Å². The van der Waals surface area contributed by atoms with E-state index >= 15 is 0 Å². The topological polar surface area (TPSA) is 3.24 Å². The van der Waals surface area contributed by atoms with Gasteiger partial charge in [-0.2, -0.15) is 0 Å². The molecule has 0 unspecified atom stereocenters. The van der Waals surface area contributed by atoms with Crippen molar-refractivity contribution in [3.63, 3.8) is 0 Å². The van der Waals surface area contributed by atoms with Crippen LogP contribution in [0.25, 0.3) is 5.70 Å². The minimum Gasteiger partial charge on any atom is -0.372 e. The Kier molecular flexibility index (Phi) is 3.33. The molecule has 1 aromatic carbocycles. The molecule has 1 aromatic rings.